The maximum atomic E-state index is 9.99. The zero-order valence-electron chi connectivity index (χ0n) is 11.1. The van der Waals surface area contributed by atoms with Crippen LogP contribution in [0.1, 0.15) is 52.7 Å². The Bertz CT molecular complexity index is 356. The minimum absolute atomic E-state index is 0. The fraction of sp³-hybridized carbons (Fsp3) is 0.571. The lowest BCUT2D eigenvalue weighted by atomic mass is 9.75. The first-order chi connectivity index (χ1) is 6.64. The molecule has 0 spiro atoms. The van der Waals surface area contributed by atoms with Crippen LogP contribution in [0.15, 0.2) is 18.2 Å². The molecular weight excluding hydrogens is 220 g/mol. The van der Waals surface area contributed by atoms with Gasteiger partial charge in [0.2, 0.25) is 0 Å². The Morgan fingerprint density at radius 2 is 1.38 bits per heavy atom. The van der Waals surface area contributed by atoms with E-state index in [0.717, 1.165) is 5.56 Å². The van der Waals surface area contributed by atoms with Crippen LogP contribution in [0.4, 0.5) is 0 Å². The molecule has 16 heavy (non-hydrogen) atoms. The first-order valence-electron chi connectivity index (χ1n) is 5.47. The van der Waals surface area contributed by atoms with Gasteiger partial charge in [-0.2, -0.15) is 0 Å². The SMILES string of the molecule is CC(C)(C)c1cccc(O)c1C(C)(C)C.Cl. The van der Waals surface area contributed by atoms with Gasteiger partial charge in [0.1, 0.15) is 5.75 Å². The van der Waals surface area contributed by atoms with Gasteiger partial charge in [0, 0.05) is 5.56 Å². The number of benzene rings is 1. The third-order valence-corrected chi connectivity index (χ3v) is 2.60. The van der Waals surface area contributed by atoms with Crippen molar-refractivity contribution in [3.05, 3.63) is 29.3 Å². The van der Waals surface area contributed by atoms with E-state index in [0.29, 0.717) is 5.75 Å². The summed E-state index contributed by atoms with van der Waals surface area (Å²) < 4.78 is 0. The molecule has 0 amide bonds. The van der Waals surface area contributed by atoms with Crippen LogP contribution in [-0.2, 0) is 10.8 Å². The monoisotopic (exact) mass is 242 g/mol. The van der Waals surface area contributed by atoms with E-state index < -0.39 is 0 Å². The highest BCUT2D eigenvalue weighted by Gasteiger charge is 2.27. The summed E-state index contributed by atoms with van der Waals surface area (Å²) in [6.07, 6.45) is 0. The molecule has 0 radical (unpaired) electrons. The fourth-order valence-corrected chi connectivity index (χ4v) is 1.95. The minimum atomic E-state index is -0.0199. The van der Waals surface area contributed by atoms with Crippen molar-refractivity contribution in [1.29, 1.82) is 0 Å². The zero-order chi connectivity index (χ0) is 11.9. The molecule has 0 bridgehead atoms. The van der Waals surface area contributed by atoms with Gasteiger partial charge in [-0.25, -0.2) is 0 Å². The highest BCUT2D eigenvalue weighted by molar-refractivity contribution is 5.85. The summed E-state index contributed by atoms with van der Waals surface area (Å²) >= 11 is 0. The predicted molar refractivity (Wildman–Crippen MR) is 72.8 cm³/mol. The average Bonchev–Trinajstić information content (AvgIpc) is 1.99. The normalized spacial score (nSPS) is 12.1. The summed E-state index contributed by atoms with van der Waals surface area (Å²) in [5, 5.41) is 9.99. The van der Waals surface area contributed by atoms with Gasteiger partial charge >= 0.3 is 0 Å². The quantitative estimate of drug-likeness (QED) is 0.715. The fourth-order valence-electron chi connectivity index (χ4n) is 1.95. The second kappa shape index (κ2) is 4.67. The molecule has 0 atom stereocenters. The van der Waals surface area contributed by atoms with Crippen LogP contribution in [0.5, 0.6) is 5.75 Å². The van der Waals surface area contributed by atoms with Gasteiger partial charge in [0.05, 0.1) is 0 Å². The van der Waals surface area contributed by atoms with Gasteiger partial charge in [-0.05, 0) is 22.5 Å². The molecule has 0 saturated carbocycles. The van der Waals surface area contributed by atoms with E-state index in [-0.39, 0.29) is 23.2 Å². The van der Waals surface area contributed by atoms with Crippen LogP contribution in [0, 0.1) is 0 Å². The second-order valence-electron chi connectivity index (χ2n) is 6.20. The molecular formula is C14H23ClO. The number of rotatable bonds is 0. The molecule has 92 valence electrons. The van der Waals surface area contributed by atoms with Gasteiger partial charge in [-0.1, -0.05) is 53.7 Å². The van der Waals surface area contributed by atoms with Gasteiger partial charge in [-0.15, -0.1) is 12.4 Å². The van der Waals surface area contributed by atoms with Crippen molar-refractivity contribution in [1.82, 2.24) is 0 Å². The van der Waals surface area contributed by atoms with Crippen LogP contribution < -0.4 is 0 Å². The summed E-state index contributed by atoms with van der Waals surface area (Å²) in [4.78, 5) is 0. The number of hydrogen-bond donors (Lipinski definition) is 1. The summed E-state index contributed by atoms with van der Waals surface area (Å²) in [6.45, 7) is 12.9. The van der Waals surface area contributed by atoms with Crippen LogP contribution in [0.2, 0.25) is 0 Å². The predicted octanol–water partition coefficient (Wildman–Crippen LogP) is 4.41. The number of phenols is 1. The lowest BCUT2D eigenvalue weighted by Gasteiger charge is -2.30. The third-order valence-electron chi connectivity index (χ3n) is 2.60. The molecule has 0 saturated heterocycles. The van der Waals surface area contributed by atoms with Crippen molar-refractivity contribution in [2.45, 2.75) is 52.4 Å². The highest BCUT2D eigenvalue weighted by atomic mass is 35.5. The smallest absolute Gasteiger partial charge is 0.119 e. The molecule has 1 nitrogen and oxygen atoms in total. The first kappa shape index (κ1) is 15.3. The Balaban J connectivity index is 0.00000225. The molecule has 2 heteroatoms. The molecule has 0 aromatic heterocycles. The standard InChI is InChI=1S/C14H22O.ClH/c1-13(2,3)10-8-7-9-11(15)12(10)14(4,5)6;/h7-9,15H,1-6H3;1H. The lowest BCUT2D eigenvalue weighted by molar-refractivity contribution is 0.435. The topological polar surface area (TPSA) is 20.2 Å². The maximum absolute atomic E-state index is 9.99. The molecule has 0 aliphatic carbocycles. The molecule has 1 aromatic rings. The molecule has 1 aromatic carbocycles. The van der Waals surface area contributed by atoms with E-state index >= 15 is 0 Å². The number of aromatic hydroxyl groups is 1. The number of phenolic OH excluding ortho intramolecular Hbond substituents is 1. The molecule has 0 unspecified atom stereocenters. The maximum Gasteiger partial charge on any atom is 0.119 e. The summed E-state index contributed by atoms with van der Waals surface area (Å²) in [7, 11) is 0. The van der Waals surface area contributed by atoms with E-state index in [1.54, 1.807) is 6.07 Å². The molecule has 0 aliphatic heterocycles. The number of halogens is 1. The van der Waals surface area contributed by atoms with Crippen molar-refractivity contribution in [3.8, 4) is 5.75 Å². The third kappa shape index (κ3) is 3.15. The Morgan fingerprint density at radius 3 is 1.69 bits per heavy atom. The largest absolute Gasteiger partial charge is 0.508 e. The lowest BCUT2D eigenvalue weighted by Crippen LogP contribution is -2.21. The Hall–Kier alpha value is -0.690. The van der Waals surface area contributed by atoms with Gasteiger partial charge < -0.3 is 5.11 Å². The molecule has 0 aliphatic rings. The van der Waals surface area contributed by atoms with Crippen LogP contribution in [0.3, 0.4) is 0 Å². The van der Waals surface area contributed by atoms with Crippen molar-refractivity contribution in [3.63, 3.8) is 0 Å². The van der Waals surface area contributed by atoms with E-state index in [1.165, 1.54) is 5.56 Å². The molecule has 0 heterocycles. The zero-order valence-corrected chi connectivity index (χ0v) is 11.9. The average molecular weight is 243 g/mol. The van der Waals surface area contributed by atoms with Crippen molar-refractivity contribution in [2.75, 3.05) is 0 Å². The van der Waals surface area contributed by atoms with Gasteiger partial charge in [0.25, 0.3) is 0 Å². The van der Waals surface area contributed by atoms with Crippen LogP contribution in [0.25, 0.3) is 0 Å². The van der Waals surface area contributed by atoms with Gasteiger partial charge in [0.15, 0.2) is 0 Å². The van der Waals surface area contributed by atoms with E-state index in [2.05, 4.69) is 47.6 Å². The summed E-state index contributed by atoms with van der Waals surface area (Å²) in [5.74, 6) is 0.412. The van der Waals surface area contributed by atoms with Crippen molar-refractivity contribution < 1.29 is 5.11 Å². The molecule has 1 rings (SSSR count). The summed E-state index contributed by atoms with van der Waals surface area (Å²) in [5.41, 5.74) is 2.35. The highest BCUT2D eigenvalue weighted by Crippen LogP contribution is 2.38. The minimum Gasteiger partial charge on any atom is -0.508 e. The second-order valence-corrected chi connectivity index (χ2v) is 6.20. The van der Waals surface area contributed by atoms with E-state index in [1.807, 2.05) is 6.07 Å². The van der Waals surface area contributed by atoms with Crippen molar-refractivity contribution in [2.24, 2.45) is 0 Å². The Labute approximate surface area is 105 Å². The Morgan fingerprint density at radius 1 is 0.875 bits per heavy atom. The van der Waals surface area contributed by atoms with Crippen LogP contribution in [-0.4, -0.2) is 5.11 Å². The number of hydrogen-bond acceptors (Lipinski definition) is 1. The van der Waals surface area contributed by atoms with E-state index in [4.69, 9.17) is 0 Å². The Kier molecular flexibility index (Phi) is 4.46. The van der Waals surface area contributed by atoms with Crippen LogP contribution >= 0.6 is 12.4 Å². The van der Waals surface area contributed by atoms with E-state index in [9.17, 15) is 5.11 Å². The molecule has 1 N–H and O–H groups in total. The van der Waals surface area contributed by atoms with Crippen molar-refractivity contribution >= 4 is 12.4 Å². The van der Waals surface area contributed by atoms with Gasteiger partial charge in [-0.3, -0.25) is 0 Å². The summed E-state index contributed by atoms with van der Waals surface area (Å²) in [6, 6.07) is 5.81. The first-order valence-corrected chi connectivity index (χ1v) is 5.47. The molecule has 0 fully saturated rings.